The van der Waals surface area contributed by atoms with Crippen LogP contribution in [0.2, 0.25) is 0 Å². The van der Waals surface area contributed by atoms with Crippen molar-refractivity contribution in [3.05, 3.63) is 176 Å². The quantitative estimate of drug-likeness (QED) is 0.171. The lowest BCUT2D eigenvalue weighted by molar-refractivity contribution is 1.37. The van der Waals surface area contributed by atoms with Crippen LogP contribution in [0.5, 0.6) is 0 Å². The molecule has 254 valence electrons. The second-order valence-corrected chi connectivity index (χ2v) is 15.4. The first-order chi connectivity index (χ1) is 27.2. The molecule has 0 aliphatic carbocycles. The molecule has 0 bridgehead atoms. The van der Waals surface area contributed by atoms with Crippen LogP contribution in [0.15, 0.2) is 176 Å². The lowest BCUT2D eigenvalue weighted by Gasteiger charge is -2.12. The highest BCUT2D eigenvalue weighted by molar-refractivity contribution is 7.26. The SMILES string of the molecule is c1cnc2c(c1)ccc1c(-c3ccc4c(ccc5cc(-c6ccc(-c7nc8ccccc8c8c7ccc7c9ccccc9sc78)cc6)ccc54)c3)ccnc12. The van der Waals surface area contributed by atoms with Gasteiger partial charge in [0, 0.05) is 65.1 Å². The van der Waals surface area contributed by atoms with E-state index in [0.29, 0.717) is 0 Å². The number of rotatable bonds is 3. The van der Waals surface area contributed by atoms with Crippen molar-refractivity contribution in [3.8, 4) is 33.5 Å². The van der Waals surface area contributed by atoms with Crippen LogP contribution < -0.4 is 0 Å². The first kappa shape index (κ1) is 30.5. The van der Waals surface area contributed by atoms with Gasteiger partial charge in [0.1, 0.15) is 0 Å². The minimum absolute atomic E-state index is 0.935. The third-order valence-electron chi connectivity index (χ3n) is 11.3. The van der Waals surface area contributed by atoms with Gasteiger partial charge in [-0.25, -0.2) is 4.98 Å². The summed E-state index contributed by atoms with van der Waals surface area (Å²) in [5.74, 6) is 0. The summed E-state index contributed by atoms with van der Waals surface area (Å²) in [6.07, 6.45) is 3.74. The molecule has 0 atom stereocenters. The van der Waals surface area contributed by atoms with Gasteiger partial charge in [-0.05, 0) is 80.2 Å². The zero-order chi connectivity index (χ0) is 36.0. The number of hydrogen-bond donors (Lipinski definition) is 0. The molecule has 0 spiro atoms. The highest BCUT2D eigenvalue weighted by Crippen LogP contribution is 2.43. The predicted molar refractivity (Wildman–Crippen MR) is 234 cm³/mol. The van der Waals surface area contributed by atoms with Crippen LogP contribution in [0.25, 0.3) is 119 Å². The van der Waals surface area contributed by atoms with Gasteiger partial charge in [-0.2, -0.15) is 0 Å². The summed E-state index contributed by atoms with van der Waals surface area (Å²) < 4.78 is 2.64. The minimum Gasteiger partial charge on any atom is -0.254 e. The highest BCUT2D eigenvalue weighted by Gasteiger charge is 2.17. The molecule has 0 fully saturated rings. The molecule has 4 heterocycles. The zero-order valence-corrected chi connectivity index (χ0v) is 30.3. The van der Waals surface area contributed by atoms with Crippen molar-refractivity contribution < 1.29 is 0 Å². The van der Waals surface area contributed by atoms with Crippen LogP contribution in [-0.4, -0.2) is 15.0 Å². The molecular weight excluding hydrogens is 687 g/mol. The maximum absolute atomic E-state index is 5.26. The minimum atomic E-state index is 0.935. The standard InChI is InChI=1S/C51H29N3S/c1-3-9-45-43(8-1)47-44(24-23-42-40-7-2-4-10-46(40)55-51(42)47)48(54-45)32-13-11-30(12-14-32)33-18-20-37-34(28-33)15-16-35-29-36(19-21-38(35)37)39-25-27-53-50-41(39)22-17-31-6-5-26-52-49(31)50/h1-29H. The molecule has 4 aromatic heterocycles. The fraction of sp³-hybridized carbons (Fsp3) is 0. The van der Waals surface area contributed by atoms with E-state index in [1.165, 1.54) is 80.1 Å². The summed E-state index contributed by atoms with van der Waals surface area (Å²) in [4.78, 5) is 14.6. The van der Waals surface area contributed by atoms with E-state index in [1.54, 1.807) is 0 Å². The van der Waals surface area contributed by atoms with Gasteiger partial charge in [0.15, 0.2) is 0 Å². The third-order valence-corrected chi connectivity index (χ3v) is 12.5. The second-order valence-electron chi connectivity index (χ2n) is 14.4. The van der Waals surface area contributed by atoms with Crippen LogP contribution in [0.1, 0.15) is 0 Å². The molecule has 12 aromatic rings. The zero-order valence-electron chi connectivity index (χ0n) is 29.5. The lowest BCUT2D eigenvalue weighted by Crippen LogP contribution is -1.90. The molecule has 0 aliphatic heterocycles. The number of benzene rings is 8. The maximum atomic E-state index is 5.26. The largest absolute Gasteiger partial charge is 0.254 e. The van der Waals surface area contributed by atoms with E-state index in [9.17, 15) is 0 Å². The Labute approximate surface area is 319 Å². The van der Waals surface area contributed by atoms with Crippen LogP contribution in [0.4, 0.5) is 0 Å². The van der Waals surface area contributed by atoms with Gasteiger partial charge in [0.25, 0.3) is 0 Å². The molecule has 0 radical (unpaired) electrons. The molecule has 0 N–H and O–H groups in total. The van der Waals surface area contributed by atoms with Gasteiger partial charge in [0.05, 0.1) is 22.2 Å². The number of hydrogen-bond acceptors (Lipinski definition) is 4. The monoisotopic (exact) mass is 715 g/mol. The molecule has 0 saturated carbocycles. The number of fused-ring (bicyclic) bond motifs is 13. The third kappa shape index (κ3) is 4.65. The van der Waals surface area contributed by atoms with Gasteiger partial charge < -0.3 is 0 Å². The fourth-order valence-corrected chi connectivity index (χ4v) is 9.95. The van der Waals surface area contributed by atoms with Gasteiger partial charge in [0.2, 0.25) is 0 Å². The van der Waals surface area contributed by atoms with Gasteiger partial charge in [-0.1, -0.05) is 127 Å². The summed E-state index contributed by atoms with van der Waals surface area (Å²) in [5.41, 5.74) is 9.76. The highest BCUT2D eigenvalue weighted by atomic mass is 32.1. The summed E-state index contributed by atoms with van der Waals surface area (Å²) >= 11 is 1.88. The van der Waals surface area contributed by atoms with Crippen LogP contribution >= 0.6 is 11.3 Å². The number of thiophene rings is 1. The summed E-state index contributed by atoms with van der Waals surface area (Å²) in [7, 11) is 0. The van der Waals surface area contributed by atoms with Gasteiger partial charge in [-0.15, -0.1) is 11.3 Å². The Morgan fingerprint density at radius 2 is 1.04 bits per heavy atom. The van der Waals surface area contributed by atoms with Crippen molar-refractivity contribution in [1.29, 1.82) is 0 Å². The van der Waals surface area contributed by atoms with E-state index >= 15 is 0 Å². The molecule has 12 rings (SSSR count). The van der Waals surface area contributed by atoms with E-state index in [-0.39, 0.29) is 0 Å². The normalized spacial score (nSPS) is 12.0. The number of aromatic nitrogens is 3. The van der Waals surface area contributed by atoms with Crippen LogP contribution in [0, 0.1) is 0 Å². The van der Waals surface area contributed by atoms with Crippen molar-refractivity contribution >= 4 is 96.5 Å². The second kappa shape index (κ2) is 11.7. The molecule has 0 saturated heterocycles. The lowest BCUT2D eigenvalue weighted by atomic mass is 9.93. The Morgan fingerprint density at radius 3 is 1.91 bits per heavy atom. The topological polar surface area (TPSA) is 38.7 Å². The first-order valence-corrected chi connectivity index (χ1v) is 19.4. The van der Waals surface area contributed by atoms with E-state index in [0.717, 1.165) is 38.6 Å². The number of nitrogens with zero attached hydrogens (tertiary/aromatic N) is 3. The molecule has 4 heteroatoms. The molecule has 55 heavy (non-hydrogen) atoms. The Balaban J connectivity index is 0.923. The van der Waals surface area contributed by atoms with Gasteiger partial charge in [-0.3, -0.25) is 9.97 Å². The van der Waals surface area contributed by atoms with Crippen LogP contribution in [-0.2, 0) is 0 Å². The molecule has 0 unspecified atom stereocenters. The van der Waals surface area contributed by atoms with Crippen molar-refractivity contribution in [2.24, 2.45) is 0 Å². The van der Waals surface area contributed by atoms with E-state index in [4.69, 9.17) is 9.97 Å². The molecular formula is C51H29N3S. The number of pyridine rings is 3. The Kier molecular flexibility index (Phi) is 6.50. The Bertz CT molecular complexity index is 3550. The maximum Gasteiger partial charge on any atom is 0.0970 e. The van der Waals surface area contributed by atoms with Crippen molar-refractivity contribution in [2.45, 2.75) is 0 Å². The average molecular weight is 716 g/mol. The summed E-state index contributed by atoms with van der Waals surface area (Å²) in [6, 6.07) is 59.4. The van der Waals surface area contributed by atoms with E-state index < -0.39 is 0 Å². The fourth-order valence-electron chi connectivity index (χ4n) is 8.68. The molecule has 0 aliphatic rings. The Morgan fingerprint density at radius 1 is 0.382 bits per heavy atom. The predicted octanol–water partition coefficient (Wildman–Crippen LogP) is 14.2. The number of para-hydroxylation sites is 1. The molecule has 3 nitrogen and oxygen atoms in total. The van der Waals surface area contributed by atoms with Gasteiger partial charge >= 0.3 is 0 Å². The van der Waals surface area contributed by atoms with Crippen molar-refractivity contribution in [3.63, 3.8) is 0 Å². The molecule has 0 amide bonds. The van der Waals surface area contributed by atoms with E-state index in [2.05, 4.69) is 163 Å². The average Bonchev–Trinajstić information content (AvgIpc) is 3.64. The van der Waals surface area contributed by atoms with Crippen LogP contribution in [0.3, 0.4) is 0 Å². The summed E-state index contributed by atoms with van der Waals surface area (Å²) in [6.45, 7) is 0. The smallest absolute Gasteiger partial charge is 0.0970 e. The van der Waals surface area contributed by atoms with Crippen molar-refractivity contribution in [1.82, 2.24) is 15.0 Å². The molecule has 8 aromatic carbocycles. The first-order valence-electron chi connectivity index (χ1n) is 18.6. The Hall–Kier alpha value is -7.01. The van der Waals surface area contributed by atoms with Crippen molar-refractivity contribution in [2.75, 3.05) is 0 Å². The van der Waals surface area contributed by atoms with E-state index in [1.807, 2.05) is 29.8 Å². The summed E-state index contributed by atoms with van der Waals surface area (Å²) in [5, 5.41) is 13.5.